The topological polar surface area (TPSA) is 95.1 Å². The van der Waals surface area contributed by atoms with Crippen molar-refractivity contribution >= 4 is 11.6 Å². The van der Waals surface area contributed by atoms with Gasteiger partial charge in [0.05, 0.1) is 6.42 Å². The van der Waals surface area contributed by atoms with Crippen molar-refractivity contribution in [2.75, 3.05) is 0 Å². The van der Waals surface area contributed by atoms with Crippen molar-refractivity contribution in [1.82, 2.24) is 9.55 Å². The fourth-order valence-corrected chi connectivity index (χ4v) is 5.24. The lowest BCUT2D eigenvalue weighted by Gasteiger charge is -2.26. The van der Waals surface area contributed by atoms with Crippen molar-refractivity contribution < 1.29 is 14.5 Å². The molecule has 0 unspecified atom stereocenters. The number of nitrogens with zero attached hydrogens (tertiary/aromatic N) is 3. The van der Waals surface area contributed by atoms with Crippen molar-refractivity contribution in [3.63, 3.8) is 0 Å². The highest BCUT2D eigenvalue weighted by Crippen LogP contribution is 2.33. The second-order valence-corrected chi connectivity index (χ2v) is 9.33. The average molecular weight is 438 g/mol. The van der Waals surface area contributed by atoms with Crippen LogP contribution in [-0.4, -0.2) is 31.6 Å². The number of ketones is 2. The van der Waals surface area contributed by atoms with Crippen LogP contribution in [0.2, 0.25) is 0 Å². The van der Waals surface area contributed by atoms with Gasteiger partial charge in [0.15, 0.2) is 0 Å². The molecule has 0 N–H and O–H groups in total. The molecule has 7 nitrogen and oxygen atoms in total. The Morgan fingerprint density at radius 1 is 0.906 bits per heavy atom. The van der Waals surface area contributed by atoms with Crippen molar-refractivity contribution in [2.24, 2.45) is 7.05 Å². The lowest BCUT2D eigenvalue weighted by Crippen LogP contribution is -2.41. The molecular weight excluding hydrogens is 406 g/mol. The summed E-state index contributed by atoms with van der Waals surface area (Å²) in [6.07, 6.45) is 10.6. The second-order valence-electron chi connectivity index (χ2n) is 9.33. The van der Waals surface area contributed by atoms with Crippen LogP contribution < -0.4 is 0 Å². The molecule has 0 bridgehead atoms. The maximum Gasteiger partial charge on any atom is 0.229 e. The van der Waals surface area contributed by atoms with Gasteiger partial charge in [0, 0.05) is 35.9 Å². The molecule has 1 saturated carbocycles. The van der Waals surface area contributed by atoms with Crippen molar-refractivity contribution in [3.8, 4) is 0 Å². The van der Waals surface area contributed by atoms with Gasteiger partial charge in [-0.25, -0.2) is 4.98 Å². The van der Waals surface area contributed by atoms with Gasteiger partial charge < -0.3 is 4.57 Å². The molecule has 1 heterocycles. The van der Waals surface area contributed by atoms with E-state index in [0.29, 0.717) is 29.8 Å². The van der Waals surface area contributed by atoms with E-state index in [9.17, 15) is 19.7 Å². The number of aromatic nitrogens is 2. The van der Waals surface area contributed by atoms with Crippen LogP contribution >= 0.6 is 0 Å². The quantitative estimate of drug-likeness (QED) is 0.422. The van der Waals surface area contributed by atoms with E-state index in [1.54, 1.807) is 35.9 Å². The number of nitro groups is 1. The fraction of sp³-hybridized carbons (Fsp3) is 0.560. The minimum Gasteiger partial charge on any atom is -0.328 e. The molecule has 1 fully saturated rings. The predicted octanol–water partition coefficient (Wildman–Crippen LogP) is 5.06. The van der Waals surface area contributed by atoms with Gasteiger partial charge in [-0.3, -0.25) is 19.7 Å². The van der Waals surface area contributed by atoms with Gasteiger partial charge in [-0.15, -0.1) is 0 Å². The number of carbonyl (C=O) groups excluding carboxylic acids is 2. The summed E-state index contributed by atoms with van der Waals surface area (Å²) in [7, 11) is 1.70. The summed E-state index contributed by atoms with van der Waals surface area (Å²) in [5.41, 5.74) is -0.0211. The van der Waals surface area contributed by atoms with Crippen molar-refractivity contribution in [2.45, 2.75) is 82.6 Å². The van der Waals surface area contributed by atoms with Crippen LogP contribution in [0.15, 0.2) is 24.3 Å². The Hall–Kier alpha value is -2.83. The number of imidazole rings is 1. The number of benzene rings is 1. The van der Waals surface area contributed by atoms with Gasteiger partial charge >= 0.3 is 0 Å². The maximum atomic E-state index is 13.1. The van der Waals surface area contributed by atoms with Crippen LogP contribution in [0.4, 0.5) is 0 Å². The molecule has 2 aromatic rings. The lowest BCUT2D eigenvalue weighted by atomic mass is 9.83. The largest absolute Gasteiger partial charge is 0.328 e. The monoisotopic (exact) mass is 437 g/mol. The highest BCUT2D eigenvalue weighted by Gasteiger charge is 2.44. The number of rotatable bonds is 3. The van der Waals surface area contributed by atoms with Gasteiger partial charge in [-0.05, 0) is 12.8 Å². The van der Waals surface area contributed by atoms with E-state index in [2.05, 4.69) is 4.98 Å². The summed E-state index contributed by atoms with van der Waals surface area (Å²) in [6, 6.07) is 6.75. The zero-order valence-electron chi connectivity index (χ0n) is 18.8. The molecule has 0 aliphatic heterocycles. The van der Waals surface area contributed by atoms with Gasteiger partial charge in [0.1, 0.15) is 17.2 Å². The van der Waals surface area contributed by atoms with Crippen LogP contribution in [0.3, 0.4) is 0 Å². The molecule has 0 spiro atoms. The highest BCUT2D eigenvalue weighted by molar-refractivity contribution is 6.27. The van der Waals surface area contributed by atoms with E-state index in [0.717, 1.165) is 38.5 Å². The Kier molecular flexibility index (Phi) is 6.53. The number of carbonyl (C=O) groups is 2. The number of hydrogen-bond donors (Lipinski definition) is 0. The first-order chi connectivity index (χ1) is 15.4. The molecule has 0 atom stereocenters. The molecule has 1 aromatic carbocycles. The standard InChI is InChI=1S/C25H31N3O4/c1-27-20(26-21-22(27)24(30)19-14-10-9-13-18(19)23(21)29)17-25(28(31)32)15-11-7-5-3-2-4-6-8-12-16-25/h9-10,13-14H,2-8,11-12,15-17H2,1H3. The van der Waals surface area contributed by atoms with Gasteiger partial charge in [0.25, 0.3) is 0 Å². The average Bonchev–Trinajstić information content (AvgIpc) is 3.10. The van der Waals surface area contributed by atoms with E-state index in [-0.39, 0.29) is 34.3 Å². The van der Waals surface area contributed by atoms with Crippen LogP contribution in [0.25, 0.3) is 0 Å². The summed E-state index contributed by atoms with van der Waals surface area (Å²) in [4.78, 5) is 42.9. The molecule has 4 rings (SSSR count). The fourth-order valence-electron chi connectivity index (χ4n) is 5.24. The Balaban J connectivity index is 1.67. The Morgan fingerprint density at radius 3 is 1.94 bits per heavy atom. The molecule has 2 aliphatic carbocycles. The number of hydrogen-bond acceptors (Lipinski definition) is 5. The zero-order chi connectivity index (χ0) is 22.7. The van der Waals surface area contributed by atoms with E-state index >= 15 is 0 Å². The third-order valence-corrected chi connectivity index (χ3v) is 7.19. The van der Waals surface area contributed by atoms with E-state index in [4.69, 9.17) is 0 Å². The Bertz CT molecular complexity index is 1030. The first-order valence-corrected chi connectivity index (χ1v) is 11.8. The van der Waals surface area contributed by atoms with Crippen LogP contribution in [0, 0.1) is 10.1 Å². The normalized spacial score (nSPS) is 19.4. The predicted molar refractivity (Wildman–Crippen MR) is 121 cm³/mol. The third-order valence-electron chi connectivity index (χ3n) is 7.19. The molecule has 7 heteroatoms. The van der Waals surface area contributed by atoms with Crippen molar-refractivity contribution in [3.05, 3.63) is 62.7 Å². The second kappa shape index (κ2) is 9.35. The Morgan fingerprint density at radius 2 is 1.41 bits per heavy atom. The van der Waals surface area contributed by atoms with Crippen molar-refractivity contribution in [1.29, 1.82) is 0 Å². The summed E-state index contributed by atoms with van der Waals surface area (Å²) >= 11 is 0. The Labute approximate surface area is 188 Å². The van der Waals surface area contributed by atoms with E-state index < -0.39 is 5.54 Å². The van der Waals surface area contributed by atoms with Crippen LogP contribution in [0.1, 0.15) is 109 Å². The molecule has 2 aliphatic rings. The minimum atomic E-state index is -1.11. The van der Waals surface area contributed by atoms with E-state index in [1.807, 2.05) is 0 Å². The molecule has 170 valence electrons. The minimum absolute atomic E-state index is 0.120. The van der Waals surface area contributed by atoms with Crippen LogP contribution in [-0.2, 0) is 13.5 Å². The summed E-state index contributed by atoms with van der Waals surface area (Å²) < 4.78 is 1.62. The first-order valence-electron chi connectivity index (χ1n) is 11.8. The maximum absolute atomic E-state index is 13.1. The zero-order valence-corrected chi connectivity index (χ0v) is 18.8. The molecule has 0 saturated heterocycles. The molecule has 1 aromatic heterocycles. The molecular formula is C25H31N3O4. The van der Waals surface area contributed by atoms with Crippen LogP contribution in [0.5, 0.6) is 0 Å². The molecule has 0 radical (unpaired) electrons. The SMILES string of the molecule is Cn1c(CC2([N+](=O)[O-])CCCCCCCCCCC2)nc2c1C(=O)c1ccccc1C2=O. The molecule has 0 amide bonds. The summed E-state index contributed by atoms with van der Waals surface area (Å²) in [6.45, 7) is 0. The third kappa shape index (κ3) is 4.12. The summed E-state index contributed by atoms with van der Waals surface area (Å²) in [5.74, 6) is -0.0792. The first kappa shape index (κ1) is 22.4. The number of fused-ring (bicyclic) bond motifs is 2. The smallest absolute Gasteiger partial charge is 0.229 e. The van der Waals surface area contributed by atoms with Gasteiger partial charge in [0.2, 0.25) is 17.1 Å². The lowest BCUT2D eigenvalue weighted by molar-refractivity contribution is -0.573. The van der Waals surface area contributed by atoms with Gasteiger partial charge in [-0.2, -0.15) is 0 Å². The molecule has 32 heavy (non-hydrogen) atoms. The highest BCUT2D eigenvalue weighted by atomic mass is 16.6. The summed E-state index contributed by atoms with van der Waals surface area (Å²) in [5, 5.41) is 12.4. The van der Waals surface area contributed by atoms with E-state index in [1.165, 1.54) is 19.3 Å². The van der Waals surface area contributed by atoms with Gasteiger partial charge in [-0.1, -0.05) is 69.2 Å².